The Balaban J connectivity index is 1.94. The number of amides is 1. The van der Waals surface area contributed by atoms with E-state index in [2.05, 4.69) is 5.32 Å². The molecule has 104 valence electrons. The van der Waals surface area contributed by atoms with Gasteiger partial charge in [0.05, 0.1) is 5.25 Å². The summed E-state index contributed by atoms with van der Waals surface area (Å²) in [6, 6.07) is 14.5. The summed E-state index contributed by atoms with van der Waals surface area (Å²) < 4.78 is 0. The number of carbonyl (C=O) groups is 1. The van der Waals surface area contributed by atoms with Crippen LogP contribution in [0.1, 0.15) is 6.92 Å². The lowest BCUT2D eigenvalue weighted by Gasteiger charge is -2.12. The standard InChI is InChI=1S/C15H13Cl2NOS/c1-10(20-14-8-4-12(17)5-9-14)15(19)18-13-6-2-11(16)3-7-13/h2-10H,1H3,(H,18,19)/t10-/m1/s1. The van der Waals surface area contributed by atoms with Gasteiger partial charge in [0.15, 0.2) is 0 Å². The summed E-state index contributed by atoms with van der Waals surface area (Å²) in [5.74, 6) is -0.0488. The van der Waals surface area contributed by atoms with Crippen molar-refractivity contribution >= 4 is 46.6 Å². The average molecular weight is 326 g/mol. The molecule has 0 saturated heterocycles. The monoisotopic (exact) mass is 325 g/mol. The molecule has 5 heteroatoms. The molecule has 0 aliphatic rings. The lowest BCUT2D eigenvalue weighted by molar-refractivity contribution is -0.115. The highest BCUT2D eigenvalue weighted by molar-refractivity contribution is 8.00. The van der Waals surface area contributed by atoms with Crippen LogP contribution in [0.3, 0.4) is 0 Å². The van der Waals surface area contributed by atoms with Crippen LogP contribution in [-0.4, -0.2) is 11.2 Å². The van der Waals surface area contributed by atoms with Gasteiger partial charge in [0, 0.05) is 20.6 Å². The minimum atomic E-state index is -0.202. The predicted octanol–water partition coefficient (Wildman–Crippen LogP) is 5.11. The number of carbonyl (C=O) groups excluding carboxylic acids is 1. The van der Waals surface area contributed by atoms with E-state index in [0.717, 1.165) is 10.6 Å². The molecule has 20 heavy (non-hydrogen) atoms. The number of rotatable bonds is 4. The number of benzene rings is 2. The molecule has 1 amide bonds. The van der Waals surface area contributed by atoms with Crippen LogP contribution in [0, 0.1) is 0 Å². The number of hydrogen-bond donors (Lipinski definition) is 1. The van der Waals surface area contributed by atoms with Gasteiger partial charge in [-0.25, -0.2) is 0 Å². The van der Waals surface area contributed by atoms with E-state index in [1.807, 2.05) is 31.2 Å². The van der Waals surface area contributed by atoms with Gasteiger partial charge in [-0.3, -0.25) is 4.79 Å². The predicted molar refractivity (Wildman–Crippen MR) is 86.9 cm³/mol. The van der Waals surface area contributed by atoms with E-state index in [0.29, 0.717) is 10.0 Å². The third-order valence-electron chi connectivity index (χ3n) is 2.61. The van der Waals surface area contributed by atoms with Crippen LogP contribution >= 0.6 is 35.0 Å². The van der Waals surface area contributed by atoms with Crippen molar-refractivity contribution in [3.05, 3.63) is 58.6 Å². The Kier molecular flexibility index (Phi) is 5.35. The molecule has 0 unspecified atom stereocenters. The Labute approximate surface area is 132 Å². The second kappa shape index (κ2) is 7.02. The summed E-state index contributed by atoms with van der Waals surface area (Å²) in [6.45, 7) is 1.87. The van der Waals surface area contributed by atoms with E-state index in [1.165, 1.54) is 11.8 Å². The fraction of sp³-hybridized carbons (Fsp3) is 0.133. The lowest BCUT2D eigenvalue weighted by atomic mass is 10.3. The Morgan fingerprint density at radius 2 is 1.50 bits per heavy atom. The molecule has 1 atom stereocenters. The minimum Gasteiger partial charge on any atom is -0.325 e. The van der Waals surface area contributed by atoms with Crippen LogP contribution in [-0.2, 0) is 4.79 Å². The van der Waals surface area contributed by atoms with Crippen LogP contribution in [0.25, 0.3) is 0 Å². The fourth-order valence-electron chi connectivity index (χ4n) is 1.55. The molecule has 2 nitrogen and oxygen atoms in total. The molecule has 0 aliphatic heterocycles. The molecule has 2 rings (SSSR count). The second-order valence-corrected chi connectivity index (χ2v) is 6.50. The van der Waals surface area contributed by atoms with Crippen molar-refractivity contribution in [1.82, 2.24) is 0 Å². The van der Waals surface area contributed by atoms with Crippen molar-refractivity contribution in [2.24, 2.45) is 0 Å². The van der Waals surface area contributed by atoms with Crippen molar-refractivity contribution in [2.75, 3.05) is 5.32 Å². The molecule has 2 aromatic rings. The van der Waals surface area contributed by atoms with Crippen molar-refractivity contribution < 1.29 is 4.79 Å². The molecule has 0 heterocycles. The van der Waals surface area contributed by atoms with Gasteiger partial charge >= 0.3 is 0 Å². The Morgan fingerprint density at radius 3 is 2.05 bits per heavy atom. The van der Waals surface area contributed by atoms with Crippen molar-refractivity contribution in [2.45, 2.75) is 17.1 Å². The van der Waals surface area contributed by atoms with Gasteiger partial charge in [0.2, 0.25) is 5.91 Å². The Hall–Kier alpha value is -1.16. The van der Waals surface area contributed by atoms with Gasteiger partial charge in [-0.05, 0) is 55.5 Å². The van der Waals surface area contributed by atoms with Crippen LogP contribution in [0.2, 0.25) is 10.0 Å². The largest absolute Gasteiger partial charge is 0.325 e. The van der Waals surface area contributed by atoms with Crippen LogP contribution in [0.5, 0.6) is 0 Å². The molecular weight excluding hydrogens is 313 g/mol. The number of halogens is 2. The van der Waals surface area contributed by atoms with Crippen molar-refractivity contribution in [3.63, 3.8) is 0 Å². The molecule has 2 aromatic carbocycles. The normalized spacial score (nSPS) is 11.9. The fourth-order valence-corrected chi connectivity index (χ4v) is 2.67. The summed E-state index contributed by atoms with van der Waals surface area (Å²) in [5.41, 5.74) is 0.739. The van der Waals surface area contributed by atoms with E-state index in [4.69, 9.17) is 23.2 Å². The highest BCUT2D eigenvalue weighted by Gasteiger charge is 2.14. The summed E-state index contributed by atoms with van der Waals surface area (Å²) in [5, 5.41) is 3.99. The first-order valence-corrected chi connectivity index (χ1v) is 7.67. The highest BCUT2D eigenvalue weighted by atomic mass is 35.5. The zero-order chi connectivity index (χ0) is 14.5. The molecule has 0 saturated carbocycles. The smallest absolute Gasteiger partial charge is 0.237 e. The zero-order valence-electron chi connectivity index (χ0n) is 10.8. The first kappa shape index (κ1) is 15.2. The van der Waals surface area contributed by atoms with Crippen LogP contribution in [0.4, 0.5) is 5.69 Å². The lowest BCUT2D eigenvalue weighted by Crippen LogP contribution is -2.22. The molecule has 1 N–H and O–H groups in total. The number of nitrogens with one attached hydrogen (secondary N) is 1. The van der Waals surface area contributed by atoms with Gasteiger partial charge in [-0.1, -0.05) is 23.2 Å². The Bertz CT molecular complexity index is 584. The first-order chi connectivity index (χ1) is 9.54. The van der Waals surface area contributed by atoms with E-state index >= 15 is 0 Å². The van der Waals surface area contributed by atoms with Crippen molar-refractivity contribution in [3.8, 4) is 0 Å². The van der Waals surface area contributed by atoms with Gasteiger partial charge in [0.25, 0.3) is 0 Å². The molecule has 0 fully saturated rings. The van der Waals surface area contributed by atoms with Crippen LogP contribution in [0.15, 0.2) is 53.4 Å². The van der Waals surface area contributed by atoms with E-state index < -0.39 is 0 Å². The van der Waals surface area contributed by atoms with E-state index in [9.17, 15) is 4.79 Å². The summed E-state index contributed by atoms with van der Waals surface area (Å²) >= 11 is 13.1. The Morgan fingerprint density at radius 1 is 1.00 bits per heavy atom. The molecule has 0 radical (unpaired) electrons. The SMILES string of the molecule is C[C@@H](Sc1ccc(Cl)cc1)C(=O)Nc1ccc(Cl)cc1. The molecule has 0 bridgehead atoms. The molecule has 0 spiro atoms. The average Bonchev–Trinajstić information content (AvgIpc) is 2.44. The maximum atomic E-state index is 12.1. The topological polar surface area (TPSA) is 29.1 Å². The van der Waals surface area contributed by atoms with E-state index in [-0.39, 0.29) is 11.2 Å². The van der Waals surface area contributed by atoms with Crippen molar-refractivity contribution in [1.29, 1.82) is 0 Å². The summed E-state index contributed by atoms with van der Waals surface area (Å²) in [4.78, 5) is 13.1. The van der Waals surface area contributed by atoms with Gasteiger partial charge < -0.3 is 5.32 Å². The summed E-state index contributed by atoms with van der Waals surface area (Å²) in [7, 11) is 0. The van der Waals surface area contributed by atoms with Gasteiger partial charge in [-0.2, -0.15) is 0 Å². The maximum Gasteiger partial charge on any atom is 0.237 e. The molecular formula is C15H13Cl2NOS. The second-order valence-electron chi connectivity index (χ2n) is 4.21. The third-order valence-corrected chi connectivity index (χ3v) is 4.22. The third kappa shape index (κ3) is 4.44. The zero-order valence-corrected chi connectivity index (χ0v) is 13.1. The molecule has 0 aromatic heterocycles. The van der Waals surface area contributed by atoms with E-state index in [1.54, 1.807) is 24.3 Å². The summed E-state index contributed by atoms with van der Waals surface area (Å²) in [6.07, 6.45) is 0. The minimum absolute atomic E-state index is 0.0488. The molecule has 0 aliphatic carbocycles. The number of thioether (sulfide) groups is 1. The van der Waals surface area contributed by atoms with Gasteiger partial charge in [0.1, 0.15) is 0 Å². The first-order valence-electron chi connectivity index (χ1n) is 6.03. The quantitative estimate of drug-likeness (QED) is 0.791. The number of anilines is 1. The van der Waals surface area contributed by atoms with Crippen LogP contribution < -0.4 is 5.32 Å². The van der Waals surface area contributed by atoms with Gasteiger partial charge in [-0.15, -0.1) is 11.8 Å². The maximum absolute atomic E-state index is 12.1. The number of hydrogen-bond acceptors (Lipinski definition) is 2. The highest BCUT2D eigenvalue weighted by Crippen LogP contribution is 2.25.